The SMILES string of the molecule is C=CCN(C(=O)C1CC2CCCC(C1)C2N)c1nc2c(s1)CCCC2. The van der Waals surface area contributed by atoms with Gasteiger partial charge in [0.25, 0.3) is 0 Å². The van der Waals surface area contributed by atoms with Crippen LogP contribution < -0.4 is 10.6 Å². The van der Waals surface area contributed by atoms with E-state index in [1.807, 2.05) is 11.0 Å². The first-order chi connectivity index (χ1) is 12.2. The normalized spacial score (nSPS) is 31.2. The second-order valence-corrected chi connectivity index (χ2v) is 9.07. The molecule has 2 N–H and O–H groups in total. The van der Waals surface area contributed by atoms with Gasteiger partial charge in [-0.05, 0) is 63.2 Å². The van der Waals surface area contributed by atoms with Gasteiger partial charge in [0.1, 0.15) is 0 Å². The van der Waals surface area contributed by atoms with Crippen molar-refractivity contribution in [1.82, 2.24) is 4.98 Å². The van der Waals surface area contributed by atoms with Gasteiger partial charge in [0.15, 0.2) is 5.13 Å². The fraction of sp³-hybridized carbons (Fsp3) is 0.700. The zero-order valence-corrected chi connectivity index (χ0v) is 15.8. The molecule has 2 bridgehead atoms. The average molecular weight is 360 g/mol. The molecule has 1 amide bonds. The number of nitrogens with zero attached hydrogens (tertiary/aromatic N) is 2. The van der Waals surface area contributed by atoms with Gasteiger partial charge in [-0.25, -0.2) is 4.98 Å². The van der Waals surface area contributed by atoms with Gasteiger partial charge in [0.05, 0.1) is 5.69 Å². The highest BCUT2D eigenvalue weighted by Gasteiger charge is 2.42. The topological polar surface area (TPSA) is 59.2 Å². The van der Waals surface area contributed by atoms with Crippen LogP contribution in [-0.4, -0.2) is 23.5 Å². The lowest BCUT2D eigenvalue weighted by molar-refractivity contribution is -0.125. The Kier molecular flexibility index (Phi) is 4.96. The average Bonchev–Trinajstić information content (AvgIpc) is 3.02. The van der Waals surface area contributed by atoms with Gasteiger partial charge in [-0.2, -0.15) is 0 Å². The van der Waals surface area contributed by atoms with E-state index in [2.05, 4.69) is 6.58 Å². The van der Waals surface area contributed by atoms with E-state index in [0.717, 1.165) is 30.8 Å². The van der Waals surface area contributed by atoms with E-state index in [0.29, 0.717) is 24.4 Å². The minimum atomic E-state index is 0.107. The molecule has 1 aromatic heterocycles. The predicted molar refractivity (Wildman–Crippen MR) is 103 cm³/mol. The molecule has 2 fully saturated rings. The maximum atomic E-state index is 13.3. The van der Waals surface area contributed by atoms with Crippen molar-refractivity contribution in [2.75, 3.05) is 11.4 Å². The molecule has 25 heavy (non-hydrogen) atoms. The molecule has 2 saturated carbocycles. The molecule has 0 saturated heterocycles. The number of nitrogens with two attached hydrogens (primary N) is 1. The van der Waals surface area contributed by atoms with Crippen LogP contribution in [0, 0.1) is 17.8 Å². The molecule has 2 unspecified atom stereocenters. The van der Waals surface area contributed by atoms with Crippen molar-refractivity contribution in [3.63, 3.8) is 0 Å². The fourth-order valence-electron chi connectivity index (χ4n) is 5.06. The summed E-state index contributed by atoms with van der Waals surface area (Å²) in [5.41, 5.74) is 7.63. The van der Waals surface area contributed by atoms with Crippen LogP contribution in [0.5, 0.6) is 0 Å². The van der Waals surface area contributed by atoms with E-state index in [4.69, 9.17) is 10.7 Å². The standard InChI is InChI=1S/C20H29N3OS/c1-2-10-23(20-22-16-8-3-4-9-17(16)25-20)19(24)15-11-13-6-5-7-14(12-15)18(13)21/h2,13-15,18H,1,3-12,21H2. The Morgan fingerprint density at radius 2 is 1.96 bits per heavy atom. The molecule has 1 heterocycles. The number of thiazole rings is 1. The molecule has 0 aliphatic heterocycles. The molecule has 136 valence electrons. The monoisotopic (exact) mass is 359 g/mol. The van der Waals surface area contributed by atoms with Gasteiger partial charge >= 0.3 is 0 Å². The number of fused-ring (bicyclic) bond motifs is 3. The number of aryl methyl sites for hydroxylation is 2. The van der Waals surface area contributed by atoms with Crippen LogP contribution in [-0.2, 0) is 17.6 Å². The first kappa shape index (κ1) is 17.2. The Labute approximate surface area is 154 Å². The number of hydrogen-bond acceptors (Lipinski definition) is 4. The number of carbonyl (C=O) groups is 1. The Hall–Kier alpha value is -1.20. The van der Waals surface area contributed by atoms with Crippen molar-refractivity contribution >= 4 is 22.4 Å². The minimum Gasteiger partial charge on any atom is -0.327 e. The van der Waals surface area contributed by atoms with Crippen LogP contribution in [0.4, 0.5) is 5.13 Å². The highest BCUT2D eigenvalue weighted by Crippen LogP contribution is 2.43. The van der Waals surface area contributed by atoms with E-state index >= 15 is 0 Å². The van der Waals surface area contributed by atoms with E-state index in [9.17, 15) is 4.79 Å². The van der Waals surface area contributed by atoms with E-state index in [1.165, 1.54) is 42.7 Å². The number of amides is 1. The summed E-state index contributed by atoms with van der Waals surface area (Å²) in [5.74, 6) is 1.40. The number of hydrogen-bond donors (Lipinski definition) is 1. The summed E-state index contributed by atoms with van der Waals surface area (Å²) in [4.78, 5) is 21.4. The van der Waals surface area contributed by atoms with Gasteiger partial charge in [0, 0.05) is 23.4 Å². The van der Waals surface area contributed by atoms with Crippen molar-refractivity contribution in [3.05, 3.63) is 23.2 Å². The van der Waals surface area contributed by atoms with E-state index in [-0.39, 0.29) is 11.8 Å². The molecule has 3 aliphatic carbocycles. The quantitative estimate of drug-likeness (QED) is 0.834. The summed E-state index contributed by atoms with van der Waals surface area (Å²) >= 11 is 1.72. The lowest BCUT2D eigenvalue weighted by Gasteiger charge is -2.44. The Morgan fingerprint density at radius 1 is 1.24 bits per heavy atom. The van der Waals surface area contributed by atoms with Gasteiger partial charge in [-0.3, -0.25) is 9.69 Å². The van der Waals surface area contributed by atoms with Crippen LogP contribution in [0.3, 0.4) is 0 Å². The number of carbonyl (C=O) groups excluding carboxylic acids is 1. The van der Waals surface area contributed by atoms with E-state index in [1.54, 1.807) is 11.3 Å². The van der Waals surface area contributed by atoms with Crippen LogP contribution in [0.25, 0.3) is 0 Å². The van der Waals surface area contributed by atoms with Gasteiger partial charge in [-0.1, -0.05) is 12.5 Å². The molecular weight excluding hydrogens is 330 g/mol. The summed E-state index contributed by atoms with van der Waals surface area (Å²) in [6.07, 6.45) is 12.0. The third-order valence-corrected chi connectivity index (χ3v) is 7.59. The van der Waals surface area contributed by atoms with Gasteiger partial charge in [-0.15, -0.1) is 17.9 Å². The second kappa shape index (κ2) is 7.20. The van der Waals surface area contributed by atoms with Crippen molar-refractivity contribution in [3.8, 4) is 0 Å². The smallest absolute Gasteiger partial charge is 0.232 e. The Bertz CT molecular complexity index is 618. The van der Waals surface area contributed by atoms with Crippen molar-refractivity contribution in [2.24, 2.45) is 23.5 Å². The Balaban J connectivity index is 1.55. The third kappa shape index (κ3) is 3.28. The largest absolute Gasteiger partial charge is 0.327 e. The maximum Gasteiger partial charge on any atom is 0.232 e. The summed E-state index contributed by atoms with van der Waals surface area (Å²) in [6, 6.07) is 0.304. The summed E-state index contributed by atoms with van der Waals surface area (Å²) in [7, 11) is 0. The number of anilines is 1. The first-order valence-corrected chi connectivity index (χ1v) is 10.7. The summed E-state index contributed by atoms with van der Waals surface area (Å²) in [5, 5.41) is 0.886. The number of rotatable bonds is 4. The fourth-order valence-corrected chi connectivity index (χ4v) is 6.22. The molecule has 3 aliphatic rings. The van der Waals surface area contributed by atoms with Gasteiger partial charge < -0.3 is 5.73 Å². The molecular formula is C20H29N3OS. The molecule has 4 nitrogen and oxygen atoms in total. The van der Waals surface area contributed by atoms with E-state index < -0.39 is 0 Å². The predicted octanol–water partition coefficient (Wildman–Crippen LogP) is 3.69. The van der Waals surface area contributed by atoms with Crippen molar-refractivity contribution < 1.29 is 4.79 Å². The molecule has 1 aromatic rings. The number of aromatic nitrogens is 1. The van der Waals surface area contributed by atoms with Gasteiger partial charge in [0.2, 0.25) is 5.91 Å². The van der Waals surface area contributed by atoms with Crippen LogP contribution >= 0.6 is 11.3 Å². The summed E-state index contributed by atoms with van der Waals surface area (Å²) < 4.78 is 0. The molecule has 2 atom stereocenters. The molecule has 0 aromatic carbocycles. The van der Waals surface area contributed by atoms with Crippen LogP contribution in [0.1, 0.15) is 55.5 Å². The third-order valence-electron chi connectivity index (χ3n) is 6.41. The van der Waals surface area contributed by atoms with Crippen molar-refractivity contribution in [2.45, 2.75) is 63.8 Å². The van der Waals surface area contributed by atoms with Crippen molar-refractivity contribution in [1.29, 1.82) is 0 Å². The lowest BCUT2D eigenvalue weighted by atomic mass is 9.65. The zero-order chi connectivity index (χ0) is 17.4. The highest BCUT2D eigenvalue weighted by molar-refractivity contribution is 7.16. The maximum absolute atomic E-state index is 13.3. The lowest BCUT2D eigenvalue weighted by Crippen LogP contribution is -2.49. The summed E-state index contributed by atoms with van der Waals surface area (Å²) in [6.45, 7) is 4.43. The highest BCUT2D eigenvalue weighted by atomic mass is 32.1. The zero-order valence-electron chi connectivity index (χ0n) is 15.0. The Morgan fingerprint density at radius 3 is 2.64 bits per heavy atom. The van der Waals surface area contributed by atoms with Crippen LogP contribution in [0.2, 0.25) is 0 Å². The molecule has 0 radical (unpaired) electrons. The molecule has 5 heteroatoms. The van der Waals surface area contributed by atoms with Crippen LogP contribution in [0.15, 0.2) is 12.7 Å². The second-order valence-electron chi connectivity index (χ2n) is 8.01. The molecule has 4 rings (SSSR count). The minimum absolute atomic E-state index is 0.107. The molecule has 0 spiro atoms. The first-order valence-electron chi connectivity index (χ1n) is 9.83.